The third-order valence-electron chi connectivity index (χ3n) is 5.02. The van der Waals surface area contributed by atoms with Crippen LogP contribution in [0, 0.1) is 0 Å². The second kappa shape index (κ2) is 7.15. The second-order valence-electron chi connectivity index (χ2n) is 6.84. The Morgan fingerprint density at radius 1 is 1.19 bits per heavy atom. The SMILES string of the molecule is CC(NC(=O)N1CCCC1Cc1ccccc1)c1nnc2ccccn12. The Bertz CT molecular complexity index is 891. The van der Waals surface area contributed by atoms with Gasteiger partial charge in [0, 0.05) is 18.8 Å². The summed E-state index contributed by atoms with van der Waals surface area (Å²) in [7, 11) is 0. The van der Waals surface area contributed by atoms with Crippen molar-refractivity contribution in [2.24, 2.45) is 0 Å². The van der Waals surface area contributed by atoms with E-state index in [1.54, 1.807) is 0 Å². The van der Waals surface area contributed by atoms with Crippen LogP contribution in [0.5, 0.6) is 0 Å². The van der Waals surface area contributed by atoms with Crippen LogP contribution in [0.2, 0.25) is 0 Å². The van der Waals surface area contributed by atoms with Crippen LogP contribution in [-0.4, -0.2) is 38.1 Å². The molecule has 1 aliphatic heterocycles. The molecule has 1 aliphatic rings. The number of urea groups is 1. The van der Waals surface area contributed by atoms with Crippen LogP contribution in [0.1, 0.15) is 37.2 Å². The number of fused-ring (bicyclic) bond motifs is 1. The van der Waals surface area contributed by atoms with Crippen molar-refractivity contribution in [3.05, 3.63) is 66.1 Å². The summed E-state index contributed by atoms with van der Waals surface area (Å²) in [4.78, 5) is 14.8. The summed E-state index contributed by atoms with van der Waals surface area (Å²) in [6.45, 7) is 2.75. The van der Waals surface area contributed by atoms with E-state index in [2.05, 4.69) is 27.6 Å². The molecule has 3 heterocycles. The average Bonchev–Trinajstić information content (AvgIpc) is 3.29. The smallest absolute Gasteiger partial charge is 0.318 e. The Kier molecular flexibility index (Phi) is 4.56. The van der Waals surface area contributed by atoms with E-state index in [9.17, 15) is 4.79 Å². The van der Waals surface area contributed by atoms with E-state index in [1.165, 1.54) is 5.56 Å². The Hall–Kier alpha value is -2.89. The van der Waals surface area contributed by atoms with Crippen molar-refractivity contribution in [1.29, 1.82) is 0 Å². The van der Waals surface area contributed by atoms with Gasteiger partial charge in [-0.15, -0.1) is 10.2 Å². The molecule has 0 radical (unpaired) electrons. The van der Waals surface area contributed by atoms with Gasteiger partial charge in [0.2, 0.25) is 0 Å². The summed E-state index contributed by atoms with van der Waals surface area (Å²) in [5.41, 5.74) is 2.06. The van der Waals surface area contributed by atoms with Crippen molar-refractivity contribution in [3.63, 3.8) is 0 Å². The monoisotopic (exact) mass is 349 g/mol. The minimum Gasteiger partial charge on any atom is -0.328 e. The van der Waals surface area contributed by atoms with E-state index >= 15 is 0 Å². The minimum atomic E-state index is -0.210. The predicted octanol–water partition coefficient (Wildman–Crippen LogP) is 3.21. The second-order valence-corrected chi connectivity index (χ2v) is 6.84. The largest absolute Gasteiger partial charge is 0.328 e. The summed E-state index contributed by atoms with van der Waals surface area (Å²) in [5.74, 6) is 0.743. The highest BCUT2D eigenvalue weighted by Gasteiger charge is 2.30. The van der Waals surface area contributed by atoms with Gasteiger partial charge in [0.15, 0.2) is 11.5 Å². The fourth-order valence-corrected chi connectivity index (χ4v) is 3.69. The zero-order valence-electron chi connectivity index (χ0n) is 14.9. The highest BCUT2D eigenvalue weighted by molar-refractivity contribution is 5.75. The summed E-state index contributed by atoms with van der Waals surface area (Å²) in [6.07, 6.45) is 4.91. The van der Waals surface area contributed by atoms with E-state index in [1.807, 2.05) is 58.8 Å². The van der Waals surface area contributed by atoms with Gasteiger partial charge in [0.25, 0.3) is 0 Å². The summed E-state index contributed by atoms with van der Waals surface area (Å²) in [6, 6.07) is 16.1. The maximum absolute atomic E-state index is 12.8. The lowest BCUT2D eigenvalue weighted by molar-refractivity contribution is 0.188. The van der Waals surface area contributed by atoms with Crippen molar-refractivity contribution in [1.82, 2.24) is 24.8 Å². The Balaban J connectivity index is 1.45. The van der Waals surface area contributed by atoms with Gasteiger partial charge in [-0.2, -0.15) is 0 Å². The van der Waals surface area contributed by atoms with Crippen LogP contribution in [0.15, 0.2) is 54.7 Å². The molecule has 1 fully saturated rings. The molecule has 1 aromatic carbocycles. The number of pyridine rings is 1. The molecular formula is C20H23N5O. The zero-order valence-corrected chi connectivity index (χ0v) is 14.9. The molecule has 0 bridgehead atoms. The minimum absolute atomic E-state index is 0.0244. The molecular weight excluding hydrogens is 326 g/mol. The molecule has 134 valence electrons. The van der Waals surface area contributed by atoms with Crippen LogP contribution in [0.3, 0.4) is 0 Å². The fourth-order valence-electron chi connectivity index (χ4n) is 3.69. The molecule has 2 unspecified atom stereocenters. The number of nitrogens with one attached hydrogen (secondary N) is 1. The van der Waals surface area contributed by atoms with Gasteiger partial charge < -0.3 is 10.2 Å². The molecule has 1 saturated heterocycles. The molecule has 0 saturated carbocycles. The Labute approximate surface area is 152 Å². The van der Waals surface area contributed by atoms with Crippen LogP contribution < -0.4 is 5.32 Å². The molecule has 3 aromatic rings. The maximum Gasteiger partial charge on any atom is 0.318 e. The zero-order chi connectivity index (χ0) is 17.9. The summed E-state index contributed by atoms with van der Waals surface area (Å²) in [5, 5.41) is 11.5. The van der Waals surface area contributed by atoms with Gasteiger partial charge in [-0.05, 0) is 43.9 Å². The number of carbonyl (C=O) groups excluding carboxylic acids is 1. The quantitative estimate of drug-likeness (QED) is 0.787. The summed E-state index contributed by atoms with van der Waals surface area (Å²) >= 11 is 0. The van der Waals surface area contributed by atoms with Gasteiger partial charge in [0.1, 0.15) is 0 Å². The van der Waals surface area contributed by atoms with E-state index in [4.69, 9.17) is 0 Å². The molecule has 4 rings (SSSR count). The van der Waals surface area contributed by atoms with Gasteiger partial charge in [0.05, 0.1) is 6.04 Å². The molecule has 1 N–H and O–H groups in total. The van der Waals surface area contributed by atoms with Gasteiger partial charge in [-0.1, -0.05) is 36.4 Å². The lowest BCUT2D eigenvalue weighted by Crippen LogP contribution is -2.44. The Morgan fingerprint density at radius 3 is 2.85 bits per heavy atom. The first-order valence-corrected chi connectivity index (χ1v) is 9.13. The highest BCUT2D eigenvalue weighted by Crippen LogP contribution is 2.22. The van der Waals surface area contributed by atoms with E-state index in [-0.39, 0.29) is 18.1 Å². The lowest BCUT2D eigenvalue weighted by atomic mass is 10.0. The average molecular weight is 349 g/mol. The number of aromatic nitrogens is 3. The Morgan fingerprint density at radius 2 is 2.00 bits per heavy atom. The number of carbonyl (C=O) groups is 1. The first-order chi connectivity index (χ1) is 12.7. The van der Waals surface area contributed by atoms with E-state index in [0.717, 1.165) is 37.3 Å². The van der Waals surface area contributed by atoms with Crippen molar-refractivity contribution in [3.8, 4) is 0 Å². The number of hydrogen-bond donors (Lipinski definition) is 1. The number of nitrogens with zero attached hydrogens (tertiary/aromatic N) is 4. The normalized spacial score (nSPS) is 18.2. The topological polar surface area (TPSA) is 62.5 Å². The summed E-state index contributed by atoms with van der Waals surface area (Å²) < 4.78 is 1.91. The van der Waals surface area contributed by atoms with Gasteiger partial charge in [-0.3, -0.25) is 4.40 Å². The van der Waals surface area contributed by atoms with Crippen LogP contribution in [0.25, 0.3) is 5.65 Å². The molecule has 26 heavy (non-hydrogen) atoms. The molecule has 0 aliphatic carbocycles. The third-order valence-corrected chi connectivity index (χ3v) is 5.02. The number of amides is 2. The standard InChI is InChI=1S/C20H23N5O/c1-15(19-23-22-18-11-5-6-12-25(18)19)21-20(26)24-13-7-10-17(24)14-16-8-3-2-4-9-16/h2-6,8-9,11-12,15,17H,7,10,13-14H2,1H3,(H,21,26). The number of likely N-dealkylation sites (tertiary alicyclic amines) is 1. The van der Waals surface area contributed by atoms with Crippen molar-refractivity contribution in [2.45, 2.75) is 38.3 Å². The lowest BCUT2D eigenvalue weighted by Gasteiger charge is -2.26. The maximum atomic E-state index is 12.8. The molecule has 6 nitrogen and oxygen atoms in total. The van der Waals surface area contributed by atoms with Crippen LogP contribution >= 0.6 is 0 Å². The highest BCUT2D eigenvalue weighted by atomic mass is 16.2. The van der Waals surface area contributed by atoms with Crippen molar-refractivity contribution >= 4 is 11.7 Å². The predicted molar refractivity (Wildman–Crippen MR) is 99.8 cm³/mol. The van der Waals surface area contributed by atoms with Crippen LogP contribution in [-0.2, 0) is 6.42 Å². The molecule has 2 amide bonds. The number of benzene rings is 1. The van der Waals surface area contributed by atoms with Crippen molar-refractivity contribution in [2.75, 3.05) is 6.54 Å². The van der Waals surface area contributed by atoms with Crippen LogP contribution in [0.4, 0.5) is 4.79 Å². The van der Waals surface area contributed by atoms with E-state index in [0.29, 0.717) is 0 Å². The molecule has 2 aromatic heterocycles. The van der Waals surface area contributed by atoms with Gasteiger partial charge >= 0.3 is 6.03 Å². The van der Waals surface area contributed by atoms with Gasteiger partial charge in [-0.25, -0.2) is 4.79 Å². The first-order valence-electron chi connectivity index (χ1n) is 9.13. The molecule has 6 heteroatoms. The van der Waals surface area contributed by atoms with Crippen molar-refractivity contribution < 1.29 is 4.79 Å². The number of hydrogen-bond acceptors (Lipinski definition) is 3. The number of rotatable bonds is 4. The first kappa shape index (κ1) is 16.6. The molecule has 0 spiro atoms. The molecule has 2 atom stereocenters. The third kappa shape index (κ3) is 3.27. The van der Waals surface area contributed by atoms with E-state index < -0.39 is 0 Å². The fraction of sp³-hybridized carbons (Fsp3) is 0.350.